The summed E-state index contributed by atoms with van der Waals surface area (Å²) in [6.45, 7) is 2.05. The van der Waals surface area contributed by atoms with E-state index in [-0.39, 0.29) is 11.7 Å². The summed E-state index contributed by atoms with van der Waals surface area (Å²) in [4.78, 5) is 12.0. The number of methoxy groups -OCH3 is 1. The van der Waals surface area contributed by atoms with Crippen LogP contribution in [0.2, 0.25) is 0 Å². The number of carbonyl (C=O) groups is 1. The lowest BCUT2D eigenvalue weighted by molar-refractivity contribution is 0.0906. The van der Waals surface area contributed by atoms with Crippen molar-refractivity contribution in [2.24, 2.45) is 5.92 Å². The summed E-state index contributed by atoms with van der Waals surface area (Å²) < 4.78 is 5.06. The molecule has 3 heteroatoms. The van der Waals surface area contributed by atoms with Crippen LogP contribution in [0.15, 0.2) is 24.3 Å². The third kappa shape index (κ3) is 2.72. The number of Topliss-reactive ketones (excluding diaryl/α,β-unsaturated/α-hetero) is 1. The van der Waals surface area contributed by atoms with E-state index in [9.17, 15) is 9.90 Å². The number of aliphatic hydroxyl groups is 1. The number of hydrogen-bond donors (Lipinski definition) is 1. The van der Waals surface area contributed by atoms with Crippen molar-refractivity contribution in [3.8, 4) is 5.75 Å². The maximum atomic E-state index is 12.0. The van der Waals surface area contributed by atoms with Crippen LogP contribution in [0.4, 0.5) is 0 Å². The van der Waals surface area contributed by atoms with Gasteiger partial charge in [0.15, 0.2) is 5.78 Å². The van der Waals surface area contributed by atoms with Gasteiger partial charge in [-0.25, -0.2) is 0 Å². The quantitative estimate of drug-likeness (QED) is 0.787. The highest BCUT2D eigenvalue weighted by Crippen LogP contribution is 2.49. The molecule has 0 aromatic heterocycles. The fraction of sp³-hybridized carbons (Fsp3) is 0.533. The van der Waals surface area contributed by atoms with Crippen LogP contribution in [0.3, 0.4) is 0 Å². The molecule has 1 aliphatic carbocycles. The molecule has 0 radical (unpaired) electrons. The van der Waals surface area contributed by atoms with Gasteiger partial charge in [0.05, 0.1) is 12.7 Å². The molecule has 0 heterocycles. The van der Waals surface area contributed by atoms with E-state index >= 15 is 0 Å². The zero-order valence-corrected chi connectivity index (χ0v) is 11.0. The molecule has 0 bridgehead atoms. The lowest BCUT2D eigenvalue weighted by atomic mass is 10.0. The first-order valence-electron chi connectivity index (χ1n) is 6.48. The van der Waals surface area contributed by atoms with E-state index in [2.05, 4.69) is 6.92 Å². The van der Waals surface area contributed by atoms with Gasteiger partial charge in [-0.05, 0) is 43.0 Å². The molecular weight excluding hydrogens is 228 g/mol. The molecule has 1 aliphatic rings. The van der Waals surface area contributed by atoms with Crippen LogP contribution >= 0.6 is 0 Å². The fourth-order valence-electron chi connectivity index (χ4n) is 2.49. The van der Waals surface area contributed by atoms with Crippen molar-refractivity contribution < 1.29 is 14.6 Å². The van der Waals surface area contributed by atoms with Gasteiger partial charge in [-0.3, -0.25) is 4.79 Å². The highest BCUT2D eigenvalue weighted by molar-refractivity contribution is 5.96. The Hall–Kier alpha value is -1.35. The smallest absolute Gasteiger partial charge is 0.163 e. The lowest BCUT2D eigenvalue weighted by Gasteiger charge is -2.08. The van der Waals surface area contributed by atoms with Crippen molar-refractivity contribution in [1.29, 1.82) is 0 Å². The molecule has 1 aromatic carbocycles. The molecule has 1 aromatic rings. The fourth-order valence-corrected chi connectivity index (χ4v) is 2.49. The first-order valence-corrected chi connectivity index (χ1v) is 6.48. The van der Waals surface area contributed by atoms with Gasteiger partial charge in [0.25, 0.3) is 0 Å². The normalized spacial score (nSPS) is 25.8. The highest BCUT2D eigenvalue weighted by atomic mass is 16.5. The zero-order chi connectivity index (χ0) is 13.2. The van der Waals surface area contributed by atoms with Crippen molar-refractivity contribution >= 4 is 5.78 Å². The number of hydrogen-bond acceptors (Lipinski definition) is 3. The monoisotopic (exact) mass is 248 g/mol. The summed E-state index contributed by atoms with van der Waals surface area (Å²) in [6, 6.07) is 7.14. The first-order chi connectivity index (χ1) is 8.59. The predicted octanol–water partition coefficient (Wildman–Crippen LogP) is 2.82. The third-order valence-corrected chi connectivity index (χ3v) is 3.73. The van der Waals surface area contributed by atoms with Crippen LogP contribution in [0.25, 0.3) is 0 Å². The second-order valence-electron chi connectivity index (χ2n) is 5.11. The first kappa shape index (κ1) is 13.1. The molecule has 0 amide bonds. The molecule has 1 N–H and O–H groups in total. The number of rotatable bonds is 6. The number of benzene rings is 1. The van der Waals surface area contributed by atoms with Crippen LogP contribution in [-0.4, -0.2) is 23.6 Å². The minimum atomic E-state index is -0.573. The average molecular weight is 248 g/mol. The van der Waals surface area contributed by atoms with E-state index < -0.39 is 5.60 Å². The predicted molar refractivity (Wildman–Crippen MR) is 69.9 cm³/mol. The molecular formula is C15H20O3. The SMILES string of the molecule is CCCC1(O)CC1CC(=O)c1ccc(OC)cc1. The number of ether oxygens (including phenoxy) is 1. The van der Waals surface area contributed by atoms with Gasteiger partial charge in [0.2, 0.25) is 0 Å². The van der Waals surface area contributed by atoms with E-state index in [1.807, 2.05) is 0 Å². The molecule has 1 fully saturated rings. The molecule has 98 valence electrons. The summed E-state index contributed by atoms with van der Waals surface area (Å²) in [5, 5.41) is 10.1. The van der Waals surface area contributed by atoms with Crippen molar-refractivity contribution in [1.82, 2.24) is 0 Å². The molecule has 2 rings (SSSR count). The lowest BCUT2D eigenvalue weighted by Crippen LogP contribution is -2.12. The summed E-state index contributed by atoms with van der Waals surface area (Å²) >= 11 is 0. The average Bonchev–Trinajstić information content (AvgIpc) is 2.99. The number of carbonyl (C=O) groups excluding carboxylic acids is 1. The standard InChI is InChI=1S/C15H20O3/c1-3-8-15(17)10-12(15)9-14(16)11-4-6-13(18-2)7-5-11/h4-7,12,17H,3,8-10H2,1-2H3. The molecule has 2 unspecified atom stereocenters. The van der Waals surface area contributed by atoms with E-state index in [0.717, 1.165) is 25.0 Å². The van der Waals surface area contributed by atoms with Crippen molar-refractivity contribution in [2.75, 3.05) is 7.11 Å². The Bertz CT molecular complexity index is 424. The summed E-state index contributed by atoms with van der Waals surface area (Å²) in [7, 11) is 1.60. The number of ketones is 1. The molecule has 0 saturated heterocycles. The maximum Gasteiger partial charge on any atom is 0.163 e. The molecule has 1 saturated carbocycles. The largest absolute Gasteiger partial charge is 0.497 e. The summed E-state index contributed by atoms with van der Waals surface area (Å²) in [5.41, 5.74) is 0.123. The molecule has 2 atom stereocenters. The van der Waals surface area contributed by atoms with Crippen LogP contribution in [-0.2, 0) is 0 Å². The Morgan fingerprint density at radius 1 is 1.44 bits per heavy atom. The maximum absolute atomic E-state index is 12.0. The minimum absolute atomic E-state index is 0.106. The van der Waals surface area contributed by atoms with Crippen LogP contribution in [0, 0.1) is 5.92 Å². The Kier molecular flexibility index (Phi) is 3.71. The van der Waals surface area contributed by atoms with Crippen LogP contribution < -0.4 is 4.74 Å². The Balaban J connectivity index is 1.92. The van der Waals surface area contributed by atoms with E-state index in [1.165, 1.54) is 0 Å². The summed E-state index contributed by atoms with van der Waals surface area (Å²) in [5.74, 6) is 1.00. The molecule has 3 nitrogen and oxygen atoms in total. The van der Waals surface area contributed by atoms with Gasteiger partial charge in [0, 0.05) is 12.0 Å². The van der Waals surface area contributed by atoms with Crippen molar-refractivity contribution in [3.63, 3.8) is 0 Å². The molecule has 0 spiro atoms. The van der Waals surface area contributed by atoms with Gasteiger partial charge < -0.3 is 9.84 Å². The van der Waals surface area contributed by atoms with Crippen LogP contribution in [0.1, 0.15) is 43.0 Å². The van der Waals surface area contributed by atoms with Crippen LogP contribution in [0.5, 0.6) is 5.75 Å². The third-order valence-electron chi connectivity index (χ3n) is 3.73. The van der Waals surface area contributed by atoms with Gasteiger partial charge in [-0.1, -0.05) is 13.3 Å². The topological polar surface area (TPSA) is 46.5 Å². The van der Waals surface area contributed by atoms with E-state index in [1.54, 1.807) is 31.4 Å². The Morgan fingerprint density at radius 2 is 2.11 bits per heavy atom. The summed E-state index contributed by atoms with van der Waals surface area (Å²) in [6.07, 6.45) is 2.98. The van der Waals surface area contributed by atoms with Crippen molar-refractivity contribution in [3.05, 3.63) is 29.8 Å². The Morgan fingerprint density at radius 3 is 2.67 bits per heavy atom. The van der Waals surface area contributed by atoms with Gasteiger partial charge >= 0.3 is 0 Å². The van der Waals surface area contributed by atoms with Gasteiger partial charge in [-0.15, -0.1) is 0 Å². The van der Waals surface area contributed by atoms with E-state index in [0.29, 0.717) is 12.0 Å². The second kappa shape index (κ2) is 5.11. The second-order valence-corrected chi connectivity index (χ2v) is 5.11. The molecule has 18 heavy (non-hydrogen) atoms. The molecule has 0 aliphatic heterocycles. The van der Waals surface area contributed by atoms with Gasteiger partial charge in [0.1, 0.15) is 5.75 Å². The van der Waals surface area contributed by atoms with Gasteiger partial charge in [-0.2, -0.15) is 0 Å². The minimum Gasteiger partial charge on any atom is -0.497 e. The Labute approximate surface area is 108 Å². The van der Waals surface area contributed by atoms with E-state index in [4.69, 9.17) is 4.74 Å². The van der Waals surface area contributed by atoms with Crippen molar-refractivity contribution in [2.45, 2.75) is 38.2 Å². The zero-order valence-electron chi connectivity index (χ0n) is 11.0. The highest BCUT2D eigenvalue weighted by Gasteiger charge is 2.52.